The number of nitrogens with one attached hydrogen (secondary N) is 1. The van der Waals surface area contributed by atoms with Gasteiger partial charge in [0.2, 0.25) is 5.91 Å². The molecule has 0 bridgehead atoms. The van der Waals surface area contributed by atoms with E-state index in [1.54, 1.807) is 40.4 Å². The molecule has 178 valence electrons. The van der Waals surface area contributed by atoms with Crippen LogP contribution in [0.1, 0.15) is 44.9 Å². The topological polar surface area (TPSA) is 131 Å². The highest BCUT2D eigenvalue weighted by molar-refractivity contribution is 5.87. The molecular weight excluding hydrogens is 426 g/mol. The number of aliphatic carboxylic acids is 2. The van der Waals surface area contributed by atoms with E-state index < -0.39 is 40.6 Å². The molecule has 3 N–H and O–H groups in total. The molecule has 1 heterocycles. The molecule has 1 saturated carbocycles. The number of rotatable bonds is 9. The minimum Gasteiger partial charge on any atom is -0.497 e. The van der Waals surface area contributed by atoms with E-state index in [4.69, 9.17) is 4.74 Å². The van der Waals surface area contributed by atoms with Crippen LogP contribution in [0.3, 0.4) is 0 Å². The molecule has 1 aliphatic carbocycles. The molecule has 9 heteroatoms. The molecule has 9 nitrogen and oxygen atoms in total. The van der Waals surface area contributed by atoms with Gasteiger partial charge in [-0.15, -0.1) is 0 Å². The molecule has 3 atom stereocenters. The molecule has 1 fully saturated rings. The number of methoxy groups -OCH3 is 1. The first-order chi connectivity index (χ1) is 15.5. The van der Waals surface area contributed by atoms with Crippen LogP contribution in [0.5, 0.6) is 5.75 Å². The van der Waals surface area contributed by atoms with Gasteiger partial charge in [0.05, 0.1) is 24.5 Å². The van der Waals surface area contributed by atoms with E-state index in [1.165, 1.54) is 0 Å². The number of nitrogens with zero attached hydrogens (tertiary/aromatic N) is 2. The van der Waals surface area contributed by atoms with E-state index in [2.05, 4.69) is 10.3 Å². The third-order valence-electron chi connectivity index (χ3n) is 7.25. The first-order valence-electron chi connectivity index (χ1n) is 10.9. The largest absolute Gasteiger partial charge is 0.497 e. The molecule has 3 rings (SSSR count). The summed E-state index contributed by atoms with van der Waals surface area (Å²) in [6, 6.07) is 6.45. The second kappa shape index (κ2) is 9.25. The Morgan fingerprint density at radius 3 is 2.42 bits per heavy atom. The number of imidazole rings is 1. The lowest BCUT2D eigenvalue weighted by molar-refractivity contribution is -0.155. The fraction of sp³-hybridized carbons (Fsp3) is 0.500. The van der Waals surface area contributed by atoms with Crippen LogP contribution in [0.2, 0.25) is 0 Å². The molecule has 1 aliphatic rings. The van der Waals surface area contributed by atoms with E-state index >= 15 is 0 Å². The van der Waals surface area contributed by atoms with Crippen LogP contribution in [0.25, 0.3) is 0 Å². The summed E-state index contributed by atoms with van der Waals surface area (Å²) in [5.74, 6) is -2.37. The number of carboxylic acid groups (broad SMARTS) is 2. The lowest BCUT2D eigenvalue weighted by Crippen LogP contribution is -2.49. The summed E-state index contributed by atoms with van der Waals surface area (Å²) in [4.78, 5) is 40.9. The number of aromatic nitrogens is 2. The lowest BCUT2D eigenvalue weighted by Gasteiger charge is -2.38. The number of hydrogen-bond donors (Lipinski definition) is 3. The van der Waals surface area contributed by atoms with Gasteiger partial charge in [0, 0.05) is 25.1 Å². The summed E-state index contributed by atoms with van der Waals surface area (Å²) >= 11 is 0. The van der Waals surface area contributed by atoms with Crippen LogP contribution < -0.4 is 10.1 Å². The Morgan fingerprint density at radius 1 is 1.21 bits per heavy atom. The quantitative estimate of drug-likeness (QED) is 0.527. The summed E-state index contributed by atoms with van der Waals surface area (Å²) in [6.07, 6.45) is 4.16. The monoisotopic (exact) mass is 457 g/mol. The second-order valence-corrected chi connectivity index (χ2v) is 9.44. The fourth-order valence-electron chi connectivity index (χ4n) is 4.56. The molecule has 0 aliphatic heterocycles. The summed E-state index contributed by atoms with van der Waals surface area (Å²) in [5, 5.41) is 22.0. The number of amides is 1. The maximum atomic E-state index is 13.0. The summed E-state index contributed by atoms with van der Waals surface area (Å²) < 4.78 is 7.00. The van der Waals surface area contributed by atoms with Crippen molar-refractivity contribution in [3.63, 3.8) is 0 Å². The number of ether oxygens (including phenoxy) is 1. The molecule has 2 unspecified atom stereocenters. The third-order valence-corrected chi connectivity index (χ3v) is 7.25. The van der Waals surface area contributed by atoms with Crippen molar-refractivity contribution in [3.8, 4) is 5.75 Å². The highest BCUT2D eigenvalue weighted by atomic mass is 16.5. The number of benzene rings is 1. The van der Waals surface area contributed by atoms with Crippen LogP contribution in [0, 0.1) is 16.7 Å². The van der Waals surface area contributed by atoms with Crippen molar-refractivity contribution in [2.45, 2.75) is 52.6 Å². The van der Waals surface area contributed by atoms with Gasteiger partial charge in [-0.2, -0.15) is 0 Å². The van der Waals surface area contributed by atoms with Crippen LogP contribution in [0.15, 0.2) is 36.8 Å². The highest BCUT2D eigenvalue weighted by Crippen LogP contribution is 2.56. The second-order valence-electron chi connectivity index (χ2n) is 9.44. The molecule has 1 aromatic heterocycles. The number of carbonyl (C=O) groups is 3. The zero-order chi connectivity index (χ0) is 24.4. The van der Waals surface area contributed by atoms with Gasteiger partial charge in [0.1, 0.15) is 11.8 Å². The van der Waals surface area contributed by atoms with Crippen LogP contribution in [0.4, 0.5) is 0 Å². The minimum absolute atomic E-state index is 0.0278. The van der Waals surface area contributed by atoms with Crippen molar-refractivity contribution in [1.29, 1.82) is 0 Å². The van der Waals surface area contributed by atoms with Crippen LogP contribution in [-0.4, -0.2) is 50.8 Å². The molecule has 0 spiro atoms. The van der Waals surface area contributed by atoms with E-state index in [0.29, 0.717) is 25.1 Å². The standard InChI is InChI=1S/C24H31N3O6/c1-23(2)18(9-10-24(23,3)22(31)32)20(28)26-19(21(29)30)11-16-13-27(14-25-16)12-15-5-7-17(33-4)8-6-15/h5-8,13-14,18-19H,9-12H2,1-4H3,(H,26,28)(H,29,30)(H,31,32)/t18?,19-,24?/m0/s1. The summed E-state index contributed by atoms with van der Waals surface area (Å²) in [5.41, 5.74) is -0.287. The van der Waals surface area contributed by atoms with Crippen molar-refractivity contribution in [2.75, 3.05) is 7.11 Å². The van der Waals surface area contributed by atoms with Crippen molar-refractivity contribution in [2.24, 2.45) is 16.7 Å². The zero-order valence-electron chi connectivity index (χ0n) is 19.4. The Morgan fingerprint density at radius 2 is 1.88 bits per heavy atom. The molecule has 33 heavy (non-hydrogen) atoms. The molecule has 1 amide bonds. The molecule has 1 aromatic carbocycles. The van der Waals surface area contributed by atoms with Crippen LogP contribution >= 0.6 is 0 Å². The Kier molecular flexibility index (Phi) is 6.81. The minimum atomic E-state index is -1.16. The Balaban J connectivity index is 1.66. The fourth-order valence-corrected chi connectivity index (χ4v) is 4.56. The van der Waals surface area contributed by atoms with Gasteiger partial charge in [-0.1, -0.05) is 26.0 Å². The van der Waals surface area contributed by atoms with Gasteiger partial charge in [-0.3, -0.25) is 9.59 Å². The third kappa shape index (κ3) is 4.86. The Hall–Kier alpha value is -3.36. The molecule has 0 radical (unpaired) electrons. The van der Waals surface area contributed by atoms with Gasteiger partial charge in [-0.05, 0) is 42.9 Å². The van der Waals surface area contributed by atoms with Crippen molar-refractivity contribution in [3.05, 3.63) is 48.0 Å². The predicted molar refractivity (Wildman–Crippen MR) is 120 cm³/mol. The molecular formula is C24H31N3O6. The lowest BCUT2D eigenvalue weighted by atomic mass is 9.65. The van der Waals surface area contributed by atoms with Gasteiger partial charge >= 0.3 is 11.9 Å². The van der Waals surface area contributed by atoms with Gasteiger partial charge in [0.25, 0.3) is 0 Å². The molecule has 2 aromatic rings. The highest BCUT2D eigenvalue weighted by Gasteiger charge is 2.58. The number of hydrogen-bond acceptors (Lipinski definition) is 5. The predicted octanol–water partition coefficient (Wildman–Crippen LogP) is 2.58. The molecule has 0 saturated heterocycles. The summed E-state index contributed by atoms with van der Waals surface area (Å²) in [6.45, 7) is 5.72. The van der Waals surface area contributed by atoms with Gasteiger partial charge < -0.3 is 24.8 Å². The van der Waals surface area contributed by atoms with E-state index in [0.717, 1.165) is 11.3 Å². The van der Waals surface area contributed by atoms with Crippen molar-refractivity contribution >= 4 is 17.8 Å². The number of carboxylic acids is 2. The maximum Gasteiger partial charge on any atom is 0.326 e. The smallest absolute Gasteiger partial charge is 0.326 e. The maximum absolute atomic E-state index is 13.0. The first kappa shape index (κ1) is 24.3. The summed E-state index contributed by atoms with van der Waals surface area (Å²) in [7, 11) is 1.60. The Labute approximate surface area is 192 Å². The average Bonchev–Trinajstić information content (AvgIpc) is 3.29. The van der Waals surface area contributed by atoms with Gasteiger partial charge in [0.15, 0.2) is 0 Å². The van der Waals surface area contributed by atoms with Gasteiger partial charge in [-0.25, -0.2) is 9.78 Å². The normalized spacial score (nSPS) is 22.5. The van der Waals surface area contributed by atoms with E-state index in [-0.39, 0.29) is 6.42 Å². The Bertz CT molecular complexity index is 1030. The number of carbonyl (C=O) groups excluding carboxylic acids is 1. The van der Waals surface area contributed by atoms with E-state index in [1.807, 2.05) is 28.8 Å². The van der Waals surface area contributed by atoms with E-state index in [9.17, 15) is 24.6 Å². The average molecular weight is 458 g/mol. The SMILES string of the molecule is COc1ccc(Cn2cnc(C[C@H](NC(=O)C3CCC(C)(C(=O)O)C3(C)C)C(=O)O)c2)cc1. The first-order valence-corrected chi connectivity index (χ1v) is 10.9. The van der Waals surface area contributed by atoms with Crippen molar-refractivity contribution in [1.82, 2.24) is 14.9 Å². The van der Waals surface area contributed by atoms with Crippen LogP contribution in [-0.2, 0) is 27.3 Å². The van der Waals surface area contributed by atoms with Crippen molar-refractivity contribution < 1.29 is 29.3 Å². The zero-order valence-corrected chi connectivity index (χ0v) is 19.4.